The molecular formula is C42H86N2O4S6. The molecule has 2 unspecified atom stereocenters. The average Bonchev–Trinajstić information content (AvgIpc) is 3.14. The zero-order valence-corrected chi connectivity index (χ0v) is 41.0. The smallest absolute Gasteiger partial charge is 0.307 e. The number of nitrogens with zero attached hydrogens (tertiary/aromatic N) is 2. The second kappa shape index (κ2) is 48.3. The average molecular weight is 876 g/mol. The molecule has 6 nitrogen and oxygen atoms in total. The van der Waals surface area contributed by atoms with Gasteiger partial charge in [-0.05, 0) is 92.9 Å². The van der Waals surface area contributed by atoms with Crippen LogP contribution in [-0.4, -0.2) is 97.7 Å². The van der Waals surface area contributed by atoms with Gasteiger partial charge in [-0.1, -0.05) is 180 Å². The third kappa shape index (κ3) is 49.1. The lowest BCUT2D eigenvalue weighted by molar-refractivity contribution is -0.147. The third-order valence-corrected chi connectivity index (χ3v) is 17.9. The third-order valence-electron chi connectivity index (χ3n) is 8.96. The van der Waals surface area contributed by atoms with Gasteiger partial charge in [0.25, 0.3) is 6.47 Å². The van der Waals surface area contributed by atoms with E-state index >= 15 is 0 Å². The highest BCUT2D eigenvalue weighted by Crippen LogP contribution is 2.36. The first-order valence-corrected chi connectivity index (χ1v) is 29.4. The maximum atomic E-state index is 12.1. The molecule has 0 saturated heterocycles. The van der Waals surface area contributed by atoms with Crippen LogP contribution in [0.15, 0.2) is 0 Å². The number of hydrogen-bond acceptors (Lipinski definition) is 12. The van der Waals surface area contributed by atoms with Gasteiger partial charge in [0, 0.05) is 29.6 Å². The van der Waals surface area contributed by atoms with Gasteiger partial charge < -0.3 is 19.3 Å². The first-order chi connectivity index (χ1) is 26.3. The van der Waals surface area contributed by atoms with Crippen LogP contribution in [0.1, 0.15) is 182 Å². The van der Waals surface area contributed by atoms with Crippen LogP contribution in [0.25, 0.3) is 0 Å². The number of ether oxygens (including phenoxy) is 2. The molecule has 0 bridgehead atoms. The Morgan fingerprint density at radius 2 is 0.926 bits per heavy atom. The first kappa shape index (κ1) is 57.1. The Balaban J connectivity index is 0. The summed E-state index contributed by atoms with van der Waals surface area (Å²) in [6.07, 6.45) is 30.8. The molecule has 0 aliphatic carbocycles. The van der Waals surface area contributed by atoms with E-state index < -0.39 is 0 Å². The van der Waals surface area contributed by atoms with Gasteiger partial charge in [0.1, 0.15) is 12.2 Å². The number of unbranched alkanes of at least 4 members (excludes halogenated alkanes) is 18. The molecule has 0 aromatic rings. The predicted octanol–water partition coefficient (Wildman–Crippen LogP) is 14.4. The Hall–Kier alpha value is 0.960. The van der Waals surface area contributed by atoms with Crippen molar-refractivity contribution in [2.45, 2.75) is 195 Å². The molecule has 12 heteroatoms. The van der Waals surface area contributed by atoms with Crippen molar-refractivity contribution in [2.75, 3.05) is 63.3 Å². The van der Waals surface area contributed by atoms with Gasteiger partial charge in [-0.3, -0.25) is 9.59 Å². The standard InChI is InChI=1S/C26H54N2O2S3.C16H32O2S3/c1-6-8-9-10-11-12-13-14-15-16-23-31-33-32-24-25(3)30-26(29)18-22-28(5)21-17-20-27(4)19-7-2;1-3-4-5-6-7-8-9-10-11-12-13-19-21-20-14-16(2)18-15-17/h25H,6-24H2,1-5H3;15-16H,3-14H2,1-2H3. The summed E-state index contributed by atoms with van der Waals surface area (Å²) in [6, 6.07) is 0. The van der Waals surface area contributed by atoms with Crippen molar-refractivity contribution in [3.05, 3.63) is 0 Å². The number of esters is 1. The summed E-state index contributed by atoms with van der Waals surface area (Å²) in [5.41, 5.74) is 0. The molecule has 54 heavy (non-hydrogen) atoms. The minimum atomic E-state index is -0.0685. The molecule has 324 valence electrons. The van der Waals surface area contributed by atoms with E-state index in [-0.39, 0.29) is 18.2 Å². The molecule has 0 aromatic heterocycles. The molecule has 0 aliphatic rings. The molecule has 0 rings (SSSR count). The molecule has 0 fully saturated rings. The fourth-order valence-corrected chi connectivity index (χ4v) is 13.6. The van der Waals surface area contributed by atoms with E-state index in [1.807, 2.05) is 65.9 Å². The molecule has 2 atom stereocenters. The summed E-state index contributed by atoms with van der Waals surface area (Å²) >= 11 is 0. The fourth-order valence-electron chi connectivity index (χ4n) is 5.63. The Morgan fingerprint density at radius 1 is 0.519 bits per heavy atom. The molecule has 0 heterocycles. The van der Waals surface area contributed by atoms with E-state index in [9.17, 15) is 9.59 Å². The van der Waals surface area contributed by atoms with Crippen LogP contribution in [0.3, 0.4) is 0 Å². The highest BCUT2D eigenvalue weighted by Gasteiger charge is 2.11. The monoisotopic (exact) mass is 874 g/mol. The van der Waals surface area contributed by atoms with Crippen molar-refractivity contribution in [1.82, 2.24) is 9.80 Å². The SMILES string of the molecule is CCCCCCCCCCCCSSSCC(C)OC(=O)CCN(C)CCCN(C)CCC.CCCCCCCCCCCCSSSCC(C)OC=O. The predicted molar refractivity (Wildman–Crippen MR) is 255 cm³/mol. The van der Waals surface area contributed by atoms with Gasteiger partial charge in [0.15, 0.2) is 0 Å². The Morgan fingerprint density at radius 3 is 1.35 bits per heavy atom. The Labute approximate surface area is 359 Å². The quantitative estimate of drug-likeness (QED) is 0.0254. The molecule has 0 aliphatic heterocycles. The summed E-state index contributed by atoms with van der Waals surface area (Å²) in [5.74, 6) is 4.12. The summed E-state index contributed by atoms with van der Waals surface area (Å²) in [7, 11) is 15.4. The van der Waals surface area contributed by atoms with Gasteiger partial charge >= 0.3 is 5.97 Å². The van der Waals surface area contributed by atoms with E-state index in [1.165, 1.54) is 146 Å². The Kier molecular flexibility index (Phi) is 51.1. The lowest BCUT2D eigenvalue weighted by Gasteiger charge is -2.20. The van der Waals surface area contributed by atoms with Crippen molar-refractivity contribution in [1.29, 1.82) is 0 Å². The lowest BCUT2D eigenvalue weighted by Crippen LogP contribution is -2.28. The number of rotatable bonds is 42. The van der Waals surface area contributed by atoms with Crippen LogP contribution in [0, 0.1) is 0 Å². The van der Waals surface area contributed by atoms with Crippen molar-refractivity contribution in [3.8, 4) is 0 Å². The molecule has 0 aromatic carbocycles. The summed E-state index contributed by atoms with van der Waals surface area (Å²) in [4.78, 5) is 26.8. The van der Waals surface area contributed by atoms with Gasteiger partial charge in [-0.15, -0.1) is 0 Å². The largest absolute Gasteiger partial charge is 0.464 e. The van der Waals surface area contributed by atoms with E-state index in [0.29, 0.717) is 12.9 Å². The van der Waals surface area contributed by atoms with Crippen molar-refractivity contribution in [3.63, 3.8) is 0 Å². The fraction of sp³-hybridized carbons (Fsp3) is 0.952. The van der Waals surface area contributed by atoms with Gasteiger partial charge in [-0.2, -0.15) is 0 Å². The topological polar surface area (TPSA) is 59.1 Å². The van der Waals surface area contributed by atoms with Crippen molar-refractivity contribution in [2.24, 2.45) is 0 Å². The van der Waals surface area contributed by atoms with Crippen LogP contribution in [-0.2, 0) is 19.1 Å². The summed E-state index contributed by atoms with van der Waals surface area (Å²) in [5, 5.41) is 0. The van der Waals surface area contributed by atoms with Gasteiger partial charge in [-0.25, -0.2) is 0 Å². The van der Waals surface area contributed by atoms with Crippen molar-refractivity contribution < 1.29 is 19.1 Å². The highest BCUT2D eigenvalue weighted by molar-refractivity contribution is 9.09. The lowest BCUT2D eigenvalue weighted by atomic mass is 10.1. The van der Waals surface area contributed by atoms with Crippen LogP contribution < -0.4 is 0 Å². The summed E-state index contributed by atoms with van der Waals surface area (Å²) in [6.45, 7) is 15.3. The molecular weight excluding hydrogens is 789 g/mol. The second-order valence-corrected chi connectivity index (χ2v) is 23.6. The maximum Gasteiger partial charge on any atom is 0.307 e. The van der Waals surface area contributed by atoms with Crippen LogP contribution in [0.4, 0.5) is 0 Å². The summed E-state index contributed by atoms with van der Waals surface area (Å²) < 4.78 is 10.4. The van der Waals surface area contributed by atoms with Crippen LogP contribution >= 0.6 is 62.8 Å². The zero-order valence-electron chi connectivity index (χ0n) is 36.1. The minimum Gasteiger partial charge on any atom is -0.464 e. The minimum absolute atomic E-state index is 0.0130. The highest BCUT2D eigenvalue weighted by atomic mass is 33.5. The number of carbonyl (C=O) groups is 2. The molecule has 0 amide bonds. The molecule has 0 radical (unpaired) electrons. The first-order valence-electron chi connectivity index (χ1n) is 21.8. The van der Waals surface area contributed by atoms with E-state index in [2.05, 4.69) is 44.7 Å². The molecule has 0 spiro atoms. The Bertz CT molecular complexity index is 762. The maximum absolute atomic E-state index is 12.1. The van der Waals surface area contributed by atoms with E-state index in [4.69, 9.17) is 9.47 Å². The van der Waals surface area contributed by atoms with E-state index in [0.717, 1.165) is 44.1 Å². The van der Waals surface area contributed by atoms with E-state index in [1.54, 1.807) is 10.8 Å². The molecule has 0 N–H and O–H groups in total. The van der Waals surface area contributed by atoms with Crippen molar-refractivity contribution >= 4 is 75.3 Å². The number of hydrogen-bond donors (Lipinski definition) is 0. The normalized spacial score (nSPS) is 12.5. The molecule has 0 saturated carbocycles. The van der Waals surface area contributed by atoms with Gasteiger partial charge in [0.2, 0.25) is 0 Å². The van der Waals surface area contributed by atoms with Crippen LogP contribution in [0.2, 0.25) is 0 Å². The van der Waals surface area contributed by atoms with Crippen LogP contribution in [0.5, 0.6) is 0 Å². The zero-order chi connectivity index (χ0) is 40.2. The number of carbonyl (C=O) groups excluding carboxylic acids is 2. The van der Waals surface area contributed by atoms with Gasteiger partial charge in [0.05, 0.1) is 6.42 Å². The second-order valence-electron chi connectivity index (χ2n) is 14.8.